The highest BCUT2D eigenvalue weighted by Gasteiger charge is 2.08. The molecule has 3 aromatic rings. The van der Waals surface area contributed by atoms with Crippen LogP contribution in [0.15, 0.2) is 42.5 Å². The Morgan fingerprint density at radius 1 is 1.15 bits per heavy atom. The summed E-state index contributed by atoms with van der Waals surface area (Å²) in [5, 5.41) is 2.62. The first-order valence-corrected chi connectivity index (χ1v) is 6.46. The summed E-state index contributed by atoms with van der Waals surface area (Å²) in [5.74, 6) is 0.715. The SMILES string of the molecule is CNC(=O)c1ccc2nc(-c3ccc(C)cc3)[nH]c2c1. The highest BCUT2D eigenvalue weighted by Crippen LogP contribution is 2.21. The summed E-state index contributed by atoms with van der Waals surface area (Å²) in [6, 6.07) is 13.6. The number of rotatable bonds is 2. The molecule has 0 fully saturated rings. The number of carbonyl (C=O) groups is 1. The molecule has 0 bridgehead atoms. The number of nitrogens with zero attached hydrogens (tertiary/aromatic N) is 1. The summed E-state index contributed by atoms with van der Waals surface area (Å²) in [6.07, 6.45) is 0. The molecule has 0 aliphatic heterocycles. The van der Waals surface area contributed by atoms with Crippen molar-refractivity contribution in [1.82, 2.24) is 15.3 Å². The van der Waals surface area contributed by atoms with Gasteiger partial charge in [0.1, 0.15) is 5.82 Å². The van der Waals surface area contributed by atoms with E-state index in [4.69, 9.17) is 0 Å². The minimum atomic E-state index is -0.0987. The van der Waals surface area contributed by atoms with Crippen LogP contribution in [0.1, 0.15) is 15.9 Å². The normalized spacial score (nSPS) is 10.7. The number of amides is 1. The first kappa shape index (κ1) is 12.4. The lowest BCUT2D eigenvalue weighted by atomic mass is 10.1. The van der Waals surface area contributed by atoms with Gasteiger partial charge in [0.25, 0.3) is 5.91 Å². The molecule has 3 rings (SSSR count). The number of fused-ring (bicyclic) bond motifs is 1. The van der Waals surface area contributed by atoms with Crippen molar-refractivity contribution < 1.29 is 4.79 Å². The summed E-state index contributed by atoms with van der Waals surface area (Å²) >= 11 is 0. The number of imidazole rings is 1. The molecule has 1 amide bonds. The second-order valence-electron chi connectivity index (χ2n) is 4.76. The van der Waals surface area contributed by atoms with Gasteiger partial charge in [-0.25, -0.2) is 4.98 Å². The first-order valence-electron chi connectivity index (χ1n) is 6.46. The van der Waals surface area contributed by atoms with E-state index in [0.29, 0.717) is 5.56 Å². The Morgan fingerprint density at radius 3 is 2.60 bits per heavy atom. The maximum absolute atomic E-state index is 11.6. The molecule has 1 heterocycles. The van der Waals surface area contributed by atoms with Crippen LogP contribution < -0.4 is 5.32 Å². The van der Waals surface area contributed by atoms with Gasteiger partial charge < -0.3 is 10.3 Å². The topological polar surface area (TPSA) is 57.8 Å². The quantitative estimate of drug-likeness (QED) is 0.748. The van der Waals surface area contributed by atoms with Crippen molar-refractivity contribution in [2.45, 2.75) is 6.92 Å². The van der Waals surface area contributed by atoms with Gasteiger partial charge in [0.05, 0.1) is 11.0 Å². The third kappa shape index (κ3) is 2.16. The highest BCUT2D eigenvalue weighted by molar-refractivity contribution is 5.97. The van der Waals surface area contributed by atoms with E-state index in [-0.39, 0.29) is 5.91 Å². The molecule has 0 spiro atoms. The molecule has 0 radical (unpaired) electrons. The molecule has 0 saturated carbocycles. The zero-order chi connectivity index (χ0) is 14.1. The fourth-order valence-corrected chi connectivity index (χ4v) is 2.14. The number of hydrogen-bond acceptors (Lipinski definition) is 2. The summed E-state index contributed by atoms with van der Waals surface area (Å²) in [4.78, 5) is 19.4. The molecule has 2 aromatic carbocycles. The molecule has 4 heteroatoms. The maximum Gasteiger partial charge on any atom is 0.251 e. The van der Waals surface area contributed by atoms with E-state index in [9.17, 15) is 4.79 Å². The first-order chi connectivity index (χ1) is 9.67. The van der Waals surface area contributed by atoms with Crippen molar-refractivity contribution in [2.24, 2.45) is 0 Å². The van der Waals surface area contributed by atoms with Crippen LogP contribution in [0, 0.1) is 6.92 Å². The lowest BCUT2D eigenvalue weighted by molar-refractivity contribution is 0.0963. The Labute approximate surface area is 116 Å². The Morgan fingerprint density at radius 2 is 1.90 bits per heavy atom. The van der Waals surface area contributed by atoms with Gasteiger partial charge in [-0.15, -0.1) is 0 Å². The van der Waals surface area contributed by atoms with E-state index < -0.39 is 0 Å². The summed E-state index contributed by atoms with van der Waals surface area (Å²) in [6.45, 7) is 2.05. The van der Waals surface area contributed by atoms with Crippen LogP contribution in [-0.2, 0) is 0 Å². The van der Waals surface area contributed by atoms with Crippen molar-refractivity contribution in [1.29, 1.82) is 0 Å². The van der Waals surface area contributed by atoms with E-state index in [1.54, 1.807) is 13.1 Å². The number of aromatic nitrogens is 2. The Bertz CT molecular complexity index is 772. The van der Waals surface area contributed by atoms with Crippen LogP contribution in [-0.4, -0.2) is 22.9 Å². The van der Waals surface area contributed by atoms with Crippen molar-refractivity contribution in [3.63, 3.8) is 0 Å². The largest absolute Gasteiger partial charge is 0.355 e. The lowest BCUT2D eigenvalue weighted by Crippen LogP contribution is -2.17. The zero-order valence-electron chi connectivity index (χ0n) is 11.4. The molecule has 2 N–H and O–H groups in total. The lowest BCUT2D eigenvalue weighted by Gasteiger charge is -1.98. The van der Waals surface area contributed by atoms with Crippen molar-refractivity contribution >= 4 is 16.9 Å². The smallest absolute Gasteiger partial charge is 0.251 e. The van der Waals surface area contributed by atoms with Crippen LogP contribution in [0.3, 0.4) is 0 Å². The minimum Gasteiger partial charge on any atom is -0.355 e. The van der Waals surface area contributed by atoms with E-state index in [2.05, 4.69) is 34.3 Å². The third-order valence-electron chi connectivity index (χ3n) is 3.30. The number of H-pyrrole nitrogens is 1. The molecular formula is C16H15N3O. The van der Waals surface area contributed by atoms with Gasteiger partial charge in [-0.05, 0) is 25.1 Å². The van der Waals surface area contributed by atoms with Gasteiger partial charge in [-0.1, -0.05) is 29.8 Å². The third-order valence-corrected chi connectivity index (χ3v) is 3.30. The van der Waals surface area contributed by atoms with Crippen LogP contribution in [0.25, 0.3) is 22.4 Å². The molecule has 0 aliphatic carbocycles. The van der Waals surface area contributed by atoms with Gasteiger partial charge in [0.15, 0.2) is 0 Å². The van der Waals surface area contributed by atoms with Crippen molar-refractivity contribution in [2.75, 3.05) is 7.05 Å². The molecule has 20 heavy (non-hydrogen) atoms. The van der Waals surface area contributed by atoms with Gasteiger partial charge in [0, 0.05) is 18.2 Å². The predicted octanol–water partition coefficient (Wildman–Crippen LogP) is 2.90. The Balaban J connectivity index is 2.06. The summed E-state index contributed by atoms with van der Waals surface area (Å²) in [7, 11) is 1.62. The van der Waals surface area contributed by atoms with Gasteiger partial charge in [0.2, 0.25) is 0 Å². The number of aryl methyl sites for hydroxylation is 1. The number of hydrogen-bond donors (Lipinski definition) is 2. The van der Waals surface area contributed by atoms with Gasteiger partial charge >= 0.3 is 0 Å². The Kier molecular flexibility index (Phi) is 2.99. The molecule has 0 unspecified atom stereocenters. The van der Waals surface area contributed by atoms with Crippen LogP contribution in [0.2, 0.25) is 0 Å². The highest BCUT2D eigenvalue weighted by atomic mass is 16.1. The van der Waals surface area contributed by atoms with E-state index in [0.717, 1.165) is 22.4 Å². The zero-order valence-corrected chi connectivity index (χ0v) is 11.4. The number of nitrogens with one attached hydrogen (secondary N) is 2. The molecule has 0 saturated heterocycles. The van der Waals surface area contributed by atoms with Gasteiger partial charge in [-0.2, -0.15) is 0 Å². The van der Waals surface area contributed by atoms with Crippen LogP contribution in [0.5, 0.6) is 0 Å². The molecule has 0 atom stereocenters. The monoisotopic (exact) mass is 265 g/mol. The molecular weight excluding hydrogens is 250 g/mol. The van der Waals surface area contributed by atoms with Crippen molar-refractivity contribution in [3.05, 3.63) is 53.6 Å². The Hall–Kier alpha value is -2.62. The van der Waals surface area contributed by atoms with E-state index >= 15 is 0 Å². The average Bonchev–Trinajstić information content (AvgIpc) is 2.90. The standard InChI is InChI=1S/C16H15N3O/c1-10-3-5-11(6-4-10)15-18-13-8-7-12(16(20)17-2)9-14(13)19-15/h3-9H,1-2H3,(H,17,20)(H,18,19). The molecule has 4 nitrogen and oxygen atoms in total. The minimum absolute atomic E-state index is 0.0987. The second kappa shape index (κ2) is 4.81. The molecule has 100 valence electrons. The average molecular weight is 265 g/mol. The second-order valence-corrected chi connectivity index (χ2v) is 4.76. The fraction of sp³-hybridized carbons (Fsp3) is 0.125. The molecule has 1 aromatic heterocycles. The number of aromatic amines is 1. The maximum atomic E-state index is 11.6. The number of benzene rings is 2. The summed E-state index contributed by atoms with van der Waals surface area (Å²) < 4.78 is 0. The fourth-order valence-electron chi connectivity index (χ4n) is 2.14. The van der Waals surface area contributed by atoms with Crippen LogP contribution >= 0.6 is 0 Å². The summed E-state index contributed by atoms with van der Waals surface area (Å²) in [5.41, 5.74) is 4.59. The molecule has 0 aliphatic rings. The van der Waals surface area contributed by atoms with Crippen LogP contribution in [0.4, 0.5) is 0 Å². The van der Waals surface area contributed by atoms with E-state index in [1.807, 2.05) is 24.3 Å². The van der Waals surface area contributed by atoms with E-state index in [1.165, 1.54) is 5.56 Å². The number of carbonyl (C=O) groups excluding carboxylic acids is 1. The van der Waals surface area contributed by atoms with Gasteiger partial charge in [-0.3, -0.25) is 4.79 Å². The predicted molar refractivity (Wildman–Crippen MR) is 79.7 cm³/mol. The van der Waals surface area contributed by atoms with Crippen molar-refractivity contribution in [3.8, 4) is 11.4 Å².